The van der Waals surface area contributed by atoms with E-state index in [1.807, 2.05) is 6.92 Å². The summed E-state index contributed by atoms with van der Waals surface area (Å²) in [7, 11) is -3.69. The largest absolute Gasteiger partial charge is 0.279 e. The summed E-state index contributed by atoms with van der Waals surface area (Å²) >= 11 is 12.6. The standard InChI is InChI=1S/C11H10Cl2N2O2S2/c1-6-3-4-8(5-9(6)12)15-19(16,17)10-7(2)14-11(13)18-10/h3-5,15H,1-2H3. The maximum Gasteiger partial charge on any atom is 0.273 e. The van der Waals surface area contributed by atoms with Crippen molar-refractivity contribution < 1.29 is 8.42 Å². The Hall–Kier alpha value is -0.820. The van der Waals surface area contributed by atoms with Gasteiger partial charge in [-0.15, -0.1) is 0 Å². The molecule has 0 saturated carbocycles. The Morgan fingerprint density at radius 3 is 2.47 bits per heavy atom. The predicted octanol–water partition coefficient (Wildman–Crippen LogP) is 3.87. The number of hydrogen-bond donors (Lipinski definition) is 1. The van der Waals surface area contributed by atoms with E-state index >= 15 is 0 Å². The molecule has 2 aromatic rings. The van der Waals surface area contributed by atoms with Crippen molar-refractivity contribution in [2.75, 3.05) is 4.72 Å². The maximum absolute atomic E-state index is 12.2. The smallest absolute Gasteiger partial charge is 0.273 e. The molecule has 0 aliphatic rings. The first-order valence-electron chi connectivity index (χ1n) is 5.21. The number of aryl methyl sites for hydroxylation is 2. The first-order valence-corrected chi connectivity index (χ1v) is 8.27. The number of sulfonamides is 1. The van der Waals surface area contributed by atoms with E-state index in [1.54, 1.807) is 25.1 Å². The van der Waals surface area contributed by atoms with E-state index in [1.165, 1.54) is 0 Å². The monoisotopic (exact) mass is 336 g/mol. The van der Waals surface area contributed by atoms with Crippen LogP contribution in [-0.2, 0) is 10.0 Å². The van der Waals surface area contributed by atoms with Crippen LogP contribution in [0, 0.1) is 13.8 Å². The Bertz CT molecular complexity index is 726. The number of hydrogen-bond acceptors (Lipinski definition) is 4. The summed E-state index contributed by atoms with van der Waals surface area (Å²) in [5, 5.41) is 0.499. The molecule has 2 rings (SSSR count). The van der Waals surface area contributed by atoms with E-state index in [0.717, 1.165) is 16.9 Å². The average molecular weight is 337 g/mol. The number of nitrogens with zero attached hydrogens (tertiary/aromatic N) is 1. The lowest BCUT2D eigenvalue weighted by atomic mass is 10.2. The quantitative estimate of drug-likeness (QED) is 0.925. The third-order valence-electron chi connectivity index (χ3n) is 2.40. The molecule has 1 aromatic carbocycles. The molecule has 0 aliphatic carbocycles. The zero-order chi connectivity index (χ0) is 14.2. The van der Waals surface area contributed by atoms with Crippen LogP contribution in [0.15, 0.2) is 22.4 Å². The van der Waals surface area contributed by atoms with Gasteiger partial charge in [-0.3, -0.25) is 4.72 Å². The lowest BCUT2D eigenvalue weighted by molar-refractivity contribution is 0.602. The van der Waals surface area contributed by atoms with E-state index < -0.39 is 10.0 Å². The normalized spacial score (nSPS) is 11.6. The van der Waals surface area contributed by atoms with Gasteiger partial charge in [-0.25, -0.2) is 13.4 Å². The number of aromatic nitrogens is 1. The Labute approximate surface area is 125 Å². The number of nitrogens with one attached hydrogen (secondary N) is 1. The van der Waals surface area contributed by atoms with Gasteiger partial charge in [0.1, 0.15) is 0 Å². The minimum Gasteiger partial charge on any atom is -0.279 e. The van der Waals surface area contributed by atoms with Gasteiger partial charge in [-0.2, -0.15) is 0 Å². The molecule has 8 heteroatoms. The molecule has 1 N–H and O–H groups in total. The second kappa shape index (κ2) is 5.28. The Morgan fingerprint density at radius 1 is 1.26 bits per heavy atom. The van der Waals surface area contributed by atoms with Crippen molar-refractivity contribution in [3.05, 3.63) is 38.9 Å². The molecule has 0 spiro atoms. The maximum atomic E-state index is 12.2. The molecule has 0 bridgehead atoms. The van der Waals surface area contributed by atoms with Crippen LogP contribution in [0.4, 0.5) is 5.69 Å². The fourth-order valence-electron chi connectivity index (χ4n) is 1.46. The van der Waals surface area contributed by atoms with Gasteiger partial charge in [0.15, 0.2) is 8.68 Å². The molecule has 0 unspecified atom stereocenters. The number of benzene rings is 1. The summed E-state index contributed by atoms with van der Waals surface area (Å²) < 4.78 is 27.1. The molecule has 1 heterocycles. The predicted molar refractivity (Wildman–Crippen MR) is 78.9 cm³/mol. The number of halogens is 2. The molecular weight excluding hydrogens is 327 g/mol. The van der Waals surface area contributed by atoms with Crippen molar-refractivity contribution in [2.24, 2.45) is 0 Å². The number of rotatable bonds is 3. The molecule has 4 nitrogen and oxygen atoms in total. The Balaban J connectivity index is 2.36. The second-order valence-electron chi connectivity index (χ2n) is 3.91. The third-order valence-corrected chi connectivity index (χ3v) is 6.06. The first kappa shape index (κ1) is 14.6. The molecule has 0 fully saturated rings. The number of anilines is 1. The summed E-state index contributed by atoms with van der Waals surface area (Å²) in [6, 6.07) is 4.95. The van der Waals surface area contributed by atoms with Crippen LogP contribution in [0.2, 0.25) is 9.49 Å². The lowest BCUT2D eigenvalue weighted by Crippen LogP contribution is -2.12. The van der Waals surface area contributed by atoms with E-state index in [2.05, 4.69) is 9.71 Å². The second-order valence-corrected chi connectivity index (χ2v) is 7.78. The van der Waals surface area contributed by atoms with Gasteiger partial charge in [0.05, 0.1) is 11.4 Å². The van der Waals surface area contributed by atoms with E-state index in [4.69, 9.17) is 23.2 Å². The third kappa shape index (κ3) is 3.20. The Morgan fingerprint density at radius 2 is 1.95 bits per heavy atom. The zero-order valence-electron chi connectivity index (χ0n) is 10.1. The van der Waals surface area contributed by atoms with Crippen LogP contribution in [0.3, 0.4) is 0 Å². The highest BCUT2D eigenvalue weighted by Gasteiger charge is 2.21. The molecule has 0 aliphatic heterocycles. The van der Waals surface area contributed by atoms with Crippen molar-refractivity contribution in [3.8, 4) is 0 Å². The van der Waals surface area contributed by atoms with Gasteiger partial charge in [-0.1, -0.05) is 40.6 Å². The van der Waals surface area contributed by atoms with Gasteiger partial charge in [0, 0.05) is 5.02 Å². The van der Waals surface area contributed by atoms with Crippen LogP contribution in [0.5, 0.6) is 0 Å². The summed E-state index contributed by atoms with van der Waals surface area (Å²) in [6.07, 6.45) is 0. The summed E-state index contributed by atoms with van der Waals surface area (Å²) in [5.41, 5.74) is 1.65. The number of thiazole rings is 1. The minimum absolute atomic E-state index is 0.106. The highest BCUT2D eigenvalue weighted by atomic mass is 35.5. The van der Waals surface area contributed by atoms with Crippen molar-refractivity contribution in [2.45, 2.75) is 18.1 Å². The molecule has 0 radical (unpaired) electrons. The van der Waals surface area contributed by atoms with Crippen LogP contribution in [-0.4, -0.2) is 13.4 Å². The van der Waals surface area contributed by atoms with Gasteiger partial charge in [0.25, 0.3) is 10.0 Å². The Kier molecular flexibility index (Phi) is 4.06. The van der Waals surface area contributed by atoms with Crippen LogP contribution in [0.25, 0.3) is 0 Å². The van der Waals surface area contributed by atoms with Crippen LogP contribution in [0.1, 0.15) is 11.3 Å². The summed E-state index contributed by atoms with van der Waals surface area (Å²) in [6.45, 7) is 3.44. The first-order chi connectivity index (χ1) is 8.79. The molecule has 102 valence electrons. The summed E-state index contributed by atoms with van der Waals surface area (Å²) in [4.78, 5) is 3.89. The highest BCUT2D eigenvalue weighted by molar-refractivity contribution is 7.94. The lowest BCUT2D eigenvalue weighted by Gasteiger charge is -2.08. The molecule has 1 aromatic heterocycles. The van der Waals surface area contributed by atoms with E-state index in [9.17, 15) is 8.42 Å². The SMILES string of the molecule is Cc1ccc(NS(=O)(=O)c2sc(Cl)nc2C)cc1Cl. The van der Waals surface area contributed by atoms with Crippen molar-refractivity contribution in [1.29, 1.82) is 0 Å². The van der Waals surface area contributed by atoms with Crippen molar-refractivity contribution in [1.82, 2.24) is 4.98 Å². The minimum atomic E-state index is -3.69. The molecule has 19 heavy (non-hydrogen) atoms. The fourth-order valence-corrected chi connectivity index (χ4v) is 4.43. The highest BCUT2D eigenvalue weighted by Crippen LogP contribution is 2.29. The molecule has 0 saturated heterocycles. The van der Waals surface area contributed by atoms with Crippen LogP contribution >= 0.6 is 34.5 Å². The van der Waals surface area contributed by atoms with Crippen molar-refractivity contribution >= 4 is 50.2 Å². The zero-order valence-corrected chi connectivity index (χ0v) is 13.2. The molecule has 0 atom stereocenters. The van der Waals surface area contributed by atoms with Crippen LogP contribution < -0.4 is 4.72 Å². The molecule has 0 amide bonds. The summed E-state index contributed by atoms with van der Waals surface area (Å²) in [5.74, 6) is 0. The fraction of sp³-hybridized carbons (Fsp3) is 0.182. The van der Waals surface area contributed by atoms with E-state index in [0.29, 0.717) is 16.4 Å². The van der Waals surface area contributed by atoms with Gasteiger partial charge in [0.2, 0.25) is 0 Å². The average Bonchev–Trinajstić information content (AvgIpc) is 2.63. The van der Waals surface area contributed by atoms with Gasteiger partial charge < -0.3 is 0 Å². The van der Waals surface area contributed by atoms with Gasteiger partial charge in [-0.05, 0) is 31.5 Å². The topological polar surface area (TPSA) is 59.1 Å². The van der Waals surface area contributed by atoms with Crippen molar-refractivity contribution in [3.63, 3.8) is 0 Å². The van der Waals surface area contributed by atoms with Gasteiger partial charge >= 0.3 is 0 Å². The molecular formula is C11H10Cl2N2O2S2. The van der Waals surface area contributed by atoms with E-state index in [-0.39, 0.29) is 8.68 Å².